The molecule has 0 nitrogen and oxygen atoms in total. The van der Waals surface area contributed by atoms with Gasteiger partial charge in [0.25, 0.3) is 0 Å². The molecule has 0 N–H and O–H groups in total. The maximum atomic E-state index is 3.26. The van der Waals surface area contributed by atoms with Crippen LogP contribution in [0.25, 0.3) is 0 Å². The Bertz CT molecular complexity index is 363. The van der Waals surface area contributed by atoms with Gasteiger partial charge in [0.1, 0.15) is 0 Å². The Morgan fingerprint density at radius 3 is 0.947 bits per heavy atom. The molecule has 2 aliphatic rings. The normalized spacial score (nSPS) is 16.5. The summed E-state index contributed by atoms with van der Waals surface area (Å²) in [7, 11) is 0. The molecule has 0 unspecified atom stereocenters. The first kappa shape index (κ1) is 23.7. The zero-order valence-corrected chi connectivity index (χ0v) is 15.5. The van der Waals surface area contributed by atoms with Gasteiger partial charge >= 0.3 is 21.7 Å². The SMILES string of the molecule is CC1=[C-]C(C)=C(C)C1.CC1=[C-]C(C)=C(C)C1.[CH3-].[CH3-].[Ti+4]. The first-order valence-corrected chi connectivity index (χ1v) is 5.91. The summed E-state index contributed by atoms with van der Waals surface area (Å²) in [6.45, 7) is 12.8. The third kappa shape index (κ3) is 7.75. The summed E-state index contributed by atoms with van der Waals surface area (Å²) in [5.74, 6) is 0. The zero-order chi connectivity index (χ0) is 12.3. The van der Waals surface area contributed by atoms with Gasteiger partial charge in [-0.15, -0.1) is 13.8 Å². The fraction of sp³-hybridized carbons (Fsp3) is 0.444. The van der Waals surface area contributed by atoms with E-state index < -0.39 is 0 Å². The van der Waals surface area contributed by atoms with Gasteiger partial charge in [0.2, 0.25) is 0 Å². The van der Waals surface area contributed by atoms with E-state index in [0.29, 0.717) is 0 Å². The average molecular weight is 292 g/mol. The summed E-state index contributed by atoms with van der Waals surface area (Å²) in [6, 6.07) is 0. The van der Waals surface area contributed by atoms with E-state index in [1.54, 1.807) is 0 Å². The maximum Gasteiger partial charge on any atom is 4.00 e. The molecule has 0 spiro atoms. The van der Waals surface area contributed by atoms with Crippen LogP contribution in [-0.2, 0) is 21.7 Å². The smallest absolute Gasteiger partial charge is 0.358 e. The van der Waals surface area contributed by atoms with Crippen molar-refractivity contribution >= 4 is 0 Å². The summed E-state index contributed by atoms with van der Waals surface area (Å²) in [5.41, 5.74) is 8.37. The maximum absolute atomic E-state index is 3.26. The van der Waals surface area contributed by atoms with E-state index in [1.165, 1.54) is 33.4 Å². The van der Waals surface area contributed by atoms with Crippen molar-refractivity contribution in [3.05, 3.63) is 60.4 Å². The van der Waals surface area contributed by atoms with E-state index >= 15 is 0 Å². The van der Waals surface area contributed by atoms with Crippen molar-refractivity contribution < 1.29 is 21.7 Å². The molecular weight excluding hydrogens is 264 g/mol. The third-order valence-corrected chi connectivity index (χ3v) is 3.14. The zero-order valence-electron chi connectivity index (χ0n) is 13.9. The minimum absolute atomic E-state index is 0. The second-order valence-corrected chi connectivity index (χ2v) is 4.97. The van der Waals surface area contributed by atoms with Crippen molar-refractivity contribution in [2.24, 2.45) is 0 Å². The summed E-state index contributed by atoms with van der Waals surface area (Å²) < 4.78 is 0. The molecule has 0 heterocycles. The van der Waals surface area contributed by atoms with Crippen LogP contribution in [0.5, 0.6) is 0 Å². The van der Waals surface area contributed by atoms with Crippen LogP contribution >= 0.6 is 0 Å². The van der Waals surface area contributed by atoms with E-state index in [-0.39, 0.29) is 36.6 Å². The van der Waals surface area contributed by atoms with Crippen molar-refractivity contribution in [3.63, 3.8) is 0 Å². The van der Waals surface area contributed by atoms with E-state index in [9.17, 15) is 0 Å². The van der Waals surface area contributed by atoms with Crippen LogP contribution in [0.3, 0.4) is 0 Å². The predicted molar refractivity (Wildman–Crippen MR) is 83.7 cm³/mol. The average Bonchev–Trinajstić information content (AvgIpc) is 2.58. The van der Waals surface area contributed by atoms with Gasteiger partial charge in [-0.25, -0.2) is 34.4 Å². The number of rotatable bonds is 0. The molecule has 0 aromatic rings. The molecule has 0 saturated heterocycles. The Kier molecular flexibility index (Phi) is 13.1. The molecule has 19 heavy (non-hydrogen) atoms. The fourth-order valence-electron chi connectivity index (χ4n) is 2.00. The summed E-state index contributed by atoms with van der Waals surface area (Å²) >= 11 is 0. The van der Waals surface area contributed by atoms with Gasteiger partial charge < -0.3 is 14.9 Å². The van der Waals surface area contributed by atoms with Crippen molar-refractivity contribution in [2.75, 3.05) is 0 Å². The Morgan fingerprint density at radius 1 is 0.632 bits per heavy atom. The minimum Gasteiger partial charge on any atom is -0.358 e. The van der Waals surface area contributed by atoms with Gasteiger partial charge in [-0.1, -0.05) is 40.5 Å². The standard InChI is InChI=1S/2C8H11.2CH3.Ti/c2*1-6-4-7(2)8(3)5-6;;;/h2*4H2,1-3H3;2*1H3;/q4*-1;+4. The van der Waals surface area contributed by atoms with Gasteiger partial charge in [0, 0.05) is 0 Å². The van der Waals surface area contributed by atoms with E-state index in [1.807, 2.05) is 0 Å². The number of hydrogen-bond donors (Lipinski definition) is 0. The molecule has 0 radical (unpaired) electrons. The van der Waals surface area contributed by atoms with Gasteiger partial charge in [0.15, 0.2) is 0 Å². The minimum atomic E-state index is 0. The number of allylic oxidation sites excluding steroid dienone is 8. The van der Waals surface area contributed by atoms with Crippen LogP contribution in [0, 0.1) is 27.0 Å². The quantitative estimate of drug-likeness (QED) is 0.388. The van der Waals surface area contributed by atoms with Crippen molar-refractivity contribution in [1.29, 1.82) is 0 Å². The Morgan fingerprint density at radius 2 is 0.895 bits per heavy atom. The van der Waals surface area contributed by atoms with Crippen molar-refractivity contribution in [2.45, 2.75) is 54.4 Å². The van der Waals surface area contributed by atoms with Crippen LogP contribution in [0.2, 0.25) is 0 Å². The molecule has 2 aliphatic carbocycles. The van der Waals surface area contributed by atoms with E-state index in [0.717, 1.165) is 12.8 Å². The predicted octanol–water partition coefficient (Wildman–Crippen LogP) is 5.85. The summed E-state index contributed by atoms with van der Waals surface area (Å²) in [6.07, 6.45) is 8.81. The van der Waals surface area contributed by atoms with Crippen molar-refractivity contribution in [1.82, 2.24) is 0 Å². The second-order valence-electron chi connectivity index (χ2n) is 4.97. The topological polar surface area (TPSA) is 0 Å². The Hall–Kier alpha value is -0.326. The summed E-state index contributed by atoms with van der Waals surface area (Å²) in [5, 5.41) is 0. The molecule has 0 atom stereocenters. The van der Waals surface area contributed by atoms with E-state index in [2.05, 4.69) is 53.7 Å². The first-order valence-electron chi connectivity index (χ1n) is 5.91. The molecule has 0 fully saturated rings. The Labute approximate surface area is 136 Å². The van der Waals surface area contributed by atoms with Crippen molar-refractivity contribution in [3.8, 4) is 0 Å². The van der Waals surface area contributed by atoms with Gasteiger partial charge in [-0.3, -0.25) is 0 Å². The van der Waals surface area contributed by atoms with Crippen LogP contribution in [-0.4, -0.2) is 0 Å². The Balaban J connectivity index is -0.000000233. The van der Waals surface area contributed by atoms with Gasteiger partial charge in [-0.2, -0.15) is 11.1 Å². The van der Waals surface area contributed by atoms with Gasteiger partial charge in [0.05, 0.1) is 0 Å². The largest absolute Gasteiger partial charge is 4.00 e. The summed E-state index contributed by atoms with van der Waals surface area (Å²) in [4.78, 5) is 0. The fourth-order valence-corrected chi connectivity index (χ4v) is 2.00. The van der Waals surface area contributed by atoms with Crippen LogP contribution in [0.1, 0.15) is 54.4 Å². The molecule has 1 heteroatoms. The van der Waals surface area contributed by atoms with Crippen LogP contribution in [0.15, 0.2) is 33.4 Å². The molecule has 0 aliphatic heterocycles. The second kappa shape index (κ2) is 10.5. The van der Waals surface area contributed by atoms with Crippen LogP contribution in [0.4, 0.5) is 0 Å². The third-order valence-electron chi connectivity index (χ3n) is 3.14. The monoisotopic (exact) mass is 292 g/mol. The molecule has 104 valence electrons. The molecule has 0 amide bonds. The molecular formula is C18H28Ti. The molecule has 0 aromatic carbocycles. The molecule has 0 saturated carbocycles. The van der Waals surface area contributed by atoms with E-state index in [4.69, 9.17) is 0 Å². The van der Waals surface area contributed by atoms with Gasteiger partial charge in [-0.05, 0) is 0 Å². The number of hydrogen-bond acceptors (Lipinski definition) is 0. The van der Waals surface area contributed by atoms with Crippen LogP contribution < -0.4 is 0 Å². The molecule has 2 rings (SSSR count). The molecule has 0 bridgehead atoms. The first-order chi connectivity index (χ1) is 7.40. The molecule has 0 aromatic heterocycles.